The highest BCUT2D eigenvalue weighted by atomic mass is 28.1. The van der Waals surface area contributed by atoms with Crippen LogP contribution in [0, 0.1) is 26.6 Å². The largest absolute Gasteiger partial charge is 0.478 e. The molecule has 76 valence electrons. The number of hydrogen-bond donors (Lipinski definition) is 1. The van der Waals surface area contributed by atoms with Gasteiger partial charge in [-0.05, 0) is 37.5 Å². The Morgan fingerprint density at radius 1 is 1.21 bits per heavy atom. The number of carbonyl (C=O) groups is 1. The smallest absolute Gasteiger partial charge is 0.338 e. The van der Waals surface area contributed by atoms with Gasteiger partial charge in [0, 0.05) is 10.2 Å². The number of benzene rings is 1. The van der Waals surface area contributed by atoms with Crippen molar-refractivity contribution in [1.29, 1.82) is 0 Å². The minimum Gasteiger partial charge on any atom is -0.478 e. The molecule has 0 fully saturated rings. The molecular weight excluding hydrogens is 199 g/mol. The molecule has 0 heterocycles. The highest BCUT2D eigenvalue weighted by molar-refractivity contribution is 6.35. The van der Waals surface area contributed by atoms with Gasteiger partial charge >= 0.3 is 5.97 Å². The molecule has 1 aromatic rings. The van der Waals surface area contributed by atoms with Gasteiger partial charge in [-0.3, -0.25) is 0 Å². The third-order valence-electron chi connectivity index (χ3n) is 2.83. The lowest BCUT2D eigenvalue weighted by Gasteiger charge is -2.13. The van der Waals surface area contributed by atoms with E-state index in [-0.39, 0.29) is 5.56 Å². The van der Waals surface area contributed by atoms with E-state index in [9.17, 15) is 9.18 Å². The van der Waals surface area contributed by atoms with Crippen molar-refractivity contribution in [3.05, 3.63) is 28.1 Å². The van der Waals surface area contributed by atoms with Crippen LogP contribution in [0.2, 0.25) is 0 Å². The highest BCUT2D eigenvalue weighted by Crippen LogP contribution is 2.18. The molecule has 0 saturated heterocycles. The molecule has 0 atom stereocenters. The van der Waals surface area contributed by atoms with Crippen molar-refractivity contribution in [2.75, 3.05) is 0 Å². The van der Waals surface area contributed by atoms with Crippen molar-refractivity contribution in [3.63, 3.8) is 0 Å². The molecule has 0 unspecified atom stereocenters. The van der Waals surface area contributed by atoms with Gasteiger partial charge in [0.2, 0.25) is 0 Å². The van der Waals surface area contributed by atoms with Gasteiger partial charge in [0.05, 0.1) is 5.56 Å². The van der Waals surface area contributed by atoms with E-state index in [1.807, 2.05) is 6.92 Å². The van der Waals surface area contributed by atoms with Gasteiger partial charge in [0.1, 0.15) is 5.82 Å². The fraction of sp³-hybridized carbons (Fsp3) is 0.300. The number of aromatic carboxylic acids is 1. The van der Waals surface area contributed by atoms with Gasteiger partial charge in [0.25, 0.3) is 0 Å². The van der Waals surface area contributed by atoms with E-state index in [1.54, 1.807) is 13.8 Å². The van der Waals surface area contributed by atoms with E-state index in [0.29, 0.717) is 11.1 Å². The molecular formula is C10H13FO2Si. The van der Waals surface area contributed by atoms with Crippen LogP contribution in [-0.2, 0) is 0 Å². The van der Waals surface area contributed by atoms with Crippen LogP contribution in [0.5, 0.6) is 0 Å². The zero-order valence-corrected chi connectivity index (χ0v) is 10.7. The summed E-state index contributed by atoms with van der Waals surface area (Å²) < 4.78 is 13.6. The molecule has 4 heteroatoms. The molecule has 0 aromatic heterocycles. The lowest BCUT2D eigenvalue weighted by Crippen LogP contribution is -2.20. The number of hydrogen-bond acceptors (Lipinski definition) is 1. The minimum atomic E-state index is -1.18. The summed E-state index contributed by atoms with van der Waals surface area (Å²) in [4.78, 5) is 10.8. The summed E-state index contributed by atoms with van der Waals surface area (Å²) in [6, 6.07) is 0. The lowest BCUT2D eigenvalue weighted by molar-refractivity contribution is 0.0691. The van der Waals surface area contributed by atoms with Gasteiger partial charge in [-0.1, -0.05) is 5.19 Å². The zero-order chi connectivity index (χ0) is 11.0. The summed E-state index contributed by atoms with van der Waals surface area (Å²) in [5.74, 6) is -1.77. The maximum atomic E-state index is 13.6. The van der Waals surface area contributed by atoms with Crippen molar-refractivity contribution in [1.82, 2.24) is 0 Å². The van der Waals surface area contributed by atoms with Gasteiger partial charge < -0.3 is 5.11 Å². The summed E-state index contributed by atoms with van der Waals surface area (Å²) >= 11 is 0. The van der Waals surface area contributed by atoms with E-state index in [2.05, 4.69) is 0 Å². The van der Waals surface area contributed by atoms with Gasteiger partial charge in [-0.25, -0.2) is 9.18 Å². The van der Waals surface area contributed by atoms with Gasteiger partial charge in [-0.15, -0.1) is 0 Å². The average molecular weight is 212 g/mol. The summed E-state index contributed by atoms with van der Waals surface area (Å²) in [5, 5.41) is 9.85. The third kappa shape index (κ3) is 1.46. The molecule has 14 heavy (non-hydrogen) atoms. The lowest BCUT2D eigenvalue weighted by atomic mass is 9.99. The SMILES string of the molecule is Cc1c(C)c([SiH3])c(C)c(C(=O)O)c1F. The maximum absolute atomic E-state index is 13.6. The first-order valence-electron chi connectivity index (χ1n) is 4.37. The minimum absolute atomic E-state index is 0.168. The Morgan fingerprint density at radius 2 is 1.71 bits per heavy atom. The third-order valence-corrected chi connectivity index (χ3v) is 4.33. The first-order chi connectivity index (χ1) is 6.37. The number of carboxylic acid groups (broad SMARTS) is 1. The van der Waals surface area contributed by atoms with Crippen LogP contribution in [0.4, 0.5) is 4.39 Å². The molecule has 0 amide bonds. The Kier molecular flexibility index (Phi) is 2.75. The average Bonchev–Trinajstić information content (AvgIpc) is 2.11. The second-order valence-electron chi connectivity index (χ2n) is 3.49. The molecule has 0 aliphatic rings. The topological polar surface area (TPSA) is 37.3 Å². The summed E-state index contributed by atoms with van der Waals surface area (Å²) in [6.45, 7) is 5.12. The number of carboxylic acids is 1. The zero-order valence-electron chi connectivity index (χ0n) is 8.73. The molecule has 1 rings (SSSR count). The van der Waals surface area contributed by atoms with Crippen LogP contribution >= 0.6 is 0 Å². The van der Waals surface area contributed by atoms with Crippen molar-refractivity contribution >= 4 is 21.4 Å². The highest BCUT2D eigenvalue weighted by Gasteiger charge is 2.19. The van der Waals surface area contributed by atoms with Gasteiger partial charge in [0.15, 0.2) is 0 Å². The first kappa shape index (κ1) is 10.9. The molecule has 0 radical (unpaired) electrons. The van der Waals surface area contributed by atoms with E-state index < -0.39 is 11.8 Å². The van der Waals surface area contributed by atoms with Crippen LogP contribution in [0.15, 0.2) is 0 Å². The number of rotatable bonds is 1. The van der Waals surface area contributed by atoms with E-state index in [0.717, 1.165) is 21.0 Å². The molecule has 1 N–H and O–H groups in total. The van der Waals surface area contributed by atoms with Crippen LogP contribution < -0.4 is 5.19 Å². The van der Waals surface area contributed by atoms with Crippen molar-refractivity contribution in [3.8, 4) is 0 Å². The predicted molar refractivity (Wildman–Crippen MR) is 57.1 cm³/mol. The van der Waals surface area contributed by atoms with E-state index in [4.69, 9.17) is 5.11 Å². The summed E-state index contributed by atoms with van der Waals surface area (Å²) in [6.07, 6.45) is 0. The van der Waals surface area contributed by atoms with Crippen molar-refractivity contribution in [2.45, 2.75) is 20.8 Å². The van der Waals surface area contributed by atoms with Crippen molar-refractivity contribution < 1.29 is 14.3 Å². The standard InChI is InChI=1S/C10H13FO2Si/c1-4-5(2)9(14)6(3)7(8(4)11)10(12)13/h1-3,14H3,(H,12,13). The Hall–Kier alpha value is -1.16. The Labute approximate surface area is 85.2 Å². The van der Waals surface area contributed by atoms with Crippen LogP contribution in [-0.4, -0.2) is 21.3 Å². The molecule has 0 bridgehead atoms. The molecule has 0 spiro atoms. The quantitative estimate of drug-likeness (QED) is 0.686. The number of halogens is 1. The monoisotopic (exact) mass is 212 g/mol. The molecule has 2 nitrogen and oxygen atoms in total. The molecule has 0 aliphatic carbocycles. The van der Waals surface area contributed by atoms with Gasteiger partial charge in [-0.2, -0.15) is 0 Å². The fourth-order valence-corrected chi connectivity index (χ4v) is 2.15. The van der Waals surface area contributed by atoms with E-state index in [1.165, 1.54) is 0 Å². The van der Waals surface area contributed by atoms with Crippen LogP contribution in [0.3, 0.4) is 0 Å². The summed E-state index contributed by atoms with van der Waals surface area (Å²) in [7, 11) is 0.739. The molecule has 0 aliphatic heterocycles. The van der Waals surface area contributed by atoms with E-state index >= 15 is 0 Å². The fourth-order valence-electron chi connectivity index (χ4n) is 1.52. The normalized spacial score (nSPS) is 10.6. The predicted octanol–water partition coefficient (Wildman–Crippen LogP) is 0.440. The van der Waals surface area contributed by atoms with Crippen LogP contribution in [0.25, 0.3) is 0 Å². The summed E-state index contributed by atoms with van der Waals surface area (Å²) in [5.41, 5.74) is 1.75. The molecule has 1 aromatic carbocycles. The van der Waals surface area contributed by atoms with Crippen molar-refractivity contribution in [2.24, 2.45) is 0 Å². The second kappa shape index (κ2) is 3.53. The molecule has 0 saturated carbocycles. The Bertz CT molecular complexity index is 384. The Balaban J connectivity index is 3.68. The van der Waals surface area contributed by atoms with Crippen LogP contribution in [0.1, 0.15) is 27.0 Å². The Morgan fingerprint density at radius 3 is 2.14 bits per heavy atom. The second-order valence-corrected chi connectivity index (χ2v) is 4.49. The first-order valence-corrected chi connectivity index (χ1v) is 5.37. The maximum Gasteiger partial charge on any atom is 0.338 e.